The number of carbonyl (C=O) groups excluding carboxylic acids is 1. The summed E-state index contributed by atoms with van der Waals surface area (Å²) in [6, 6.07) is 7.09. The molecule has 2 aromatic rings. The molecule has 0 atom stereocenters. The number of aryl methyl sites for hydroxylation is 1. The maximum atomic E-state index is 12.0. The van der Waals surface area contributed by atoms with Crippen LogP contribution in [0.5, 0.6) is 0 Å². The van der Waals surface area contributed by atoms with Crippen LogP contribution in [0.15, 0.2) is 41.5 Å². The van der Waals surface area contributed by atoms with Gasteiger partial charge in [0.2, 0.25) is 5.91 Å². The smallest absolute Gasteiger partial charge is 0.276 e. The summed E-state index contributed by atoms with van der Waals surface area (Å²) < 4.78 is 1.45. The second kappa shape index (κ2) is 4.83. The van der Waals surface area contributed by atoms with E-state index in [0.29, 0.717) is 16.9 Å². The van der Waals surface area contributed by atoms with Crippen molar-refractivity contribution in [1.29, 1.82) is 0 Å². The first-order chi connectivity index (χ1) is 8.59. The number of para-hydroxylation sites is 1. The minimum absolute atomic E-state index is 0.185. The van der Waals surface area contributed by atoms with Gasteiger partial charge in [-0.1, -0.05) is 18.2 Å². The van der Waals surface area contributed by atoms with E-state index in [2.05, 4.69) is 10.3 Å². The number of hydrogen-bond acceptors (Lipinski definition) is 3. The predicted molar refractivity (Wildman–Crippen MR) is 69.2 cm³/mol. The van der Waals surface area contributed by atoms with E-state index >= 15 is 0 Å². The zero-order valence-electron chi connectivity index (χ0n) is 10.2. The molecule has 0 saturated heterocycles. The highest BCUT2D eigenvalue weighted by molar-refractivity contribution is 5.93. The van der Waals surface area contributed by atoms with Crippen molar-refractivity contribution in [3.05, 3.63) is 47.0 Å². The average Bonchev–Trinajstić information content (AvgIpc) is 2.33. The molecule has 1 aromatic carbocycles. The third kappa shape index (κ3) is 2.29. The van der Waals surface area contributed by atoms with Crippen LogP contribution >= 0.6 is 0 Å². The van der Waals surface area contributed by atoms with Crippen LogP contribution in [-0.2, 0) is 11.8 Å². The van der Waals surface area contributed by atoms with Gasteiger partial charge in [-0.25, -0.2) is 4.98 Å². The normalized spacial score (nSPS) is 10.1. The molecule has 0 radical (unpaired) electrons. The van der Waals surface area contributed by atoms with E-state index in [1.807, 2.05) is 0 Å². The number of nitrogens with zero attached hydrogens (tertiary/aromatic N) is 2. The summed E-state index contributed by atoms with van der Waals surface area (Å²) >= 11 is 0. The molecule has 2 rings (SSSR count). The molecule has 0 aliphatic heterocycles. The minimum atomic E-state index is -0.199. The predicted octanol–water partition coefficient (Wildman–Crippen LogP) is 1.41. The van der Waals surface area contributed by atoms with Crippen LogP contribution in [0.2, 0.25) is 0 Å². The summed E-state index contributed by atoms with van der Waals surface area (Å²) in [7, 11) is 1.66. The van der Waals surface area contributed by atoms with Gasteiger partial charge in [-0.2, -0.15) is 0 Å². The molecule has 0 unspecified atom stereocenters. The maximum absolute atomic E-state index is 12.0. The van der Waals surface area contributed by atoms with Crippen molar-refractivity contribution in [1.82, 2.24) is 9.55 Å². The fraction of sp³-hybridized carbons (Fsp3) is 0.154. The Morgan fingerprint density at radius 2 is 2.06 bits per heavy atom. The molecule has 18 heavy (non-hydrogen) atoms. The number of benzene rings is 1. The highest BCUT2D eigenvalue weighted by Gasteiger charge is 2.11. The molecule has 0 saturated carbocycles. The lowest BCUT2D eigenvalue weighted by Crippen LogP contribution is -2.19. The molecule has 1 aromatic heterocycles. The van der Waals surface area contributed by atoms with Gasteiger partial charge < -0.3 is 9.88 Å². The van der Waals surface area contributed by atoms with E-state index in [4.69, 9.17) is 0 Å². The van der Waals surface area contributed by atoms with Crippen molar-refractivity contribution in [3.63, 3.8) is 0 Å². The number of rotatable bonds is 2. The van der Waals surface area contributed by atoms with Gasteiger partial charge in [0.25, 0.3) is 5.56 Å². The van der Waals surface area contributed by atoms with E-state index in [-0.39, 0.29) is 11.5 Å². The molecule has 5 nitrogen and oxygen atoms in total. The molecule has 5 heteroatoms. The van der Waals surface area contributed by atoms with Crippen LogP contribution in [0.4, 0.5) is 5.69 Å². The number of amides is 1. The fourth-order valence-corrected chi connectivity index (χ4v) is 1.67. The van der Waals surface area contributed by atoms with Gasteiger partial charge in [0.1, 0.15) is 5.69 Å². The Morgan fingerprint density at radius 3 is 2.78 bits per heavy atom. The molecule has 0 bridgehead atoms. The highest BCUT2D eigenvalue weighted by atomic mass is 16.1. The van der Waals surface area contributed by atoms with Crippen molar-refractivity contribution in [2.24, 2.45) is 7.05 Å². The van der Waals surface area contributed by atoms with E-state index in [1.165, 1.54) is 11.5 Å². The molecule has 0 aliphatic rings. The molecule has 0 aliphatic carbocycles. The zero-order chi connectivity index (χ0) is 13.1. The van der Waals surface area contributed by atoms with Crippen LogP contribution in [0.1, 0.15) is 6.92 Å². The first-order valence-electron chi connectivity index (χ1n) is 5.48. The average molecular weight is 243 g/mol. The summed E-state index contributed by atoms with van der Waals surface area (Å²) in [5.74, 6) is -0.185. The van der Waals surface area contributed by atoms with Crippen LogP contribution in [-0.4, -0.2) is 15.5 Å². The van der Waals surface area contributed by atoms with Crippen molar-refractivity contribution in [2.45, 2.75) is 6.92 Å². The molecule has 0 spiro atoms. The van der Waals surface area contributed by atoms with Gasteiger partial charge in [0.05, 0.1) is 5.69 Å². The second-order valence-electron chi connectivity index (χ2n) is 3.92. The van der Waals surface area contributed by atoms with Gasteiger partial charge in [0, 0.05) is 31.9 Å². The maximum Gasteiger partial charge on any atom is 0.276 e. The largest absolute Gasteiger partial charge is 0.326 e. The summed E-state index contributed by atoms with van der Waals surface area (Å²) in [5.41, 5.74) is 1.33. The monoisotopic (exact) mass is 243 g/mol. The molecule has 0 fully saturated rings. The van der Waals surface area contributed by atoms with Gasteiger partial charge in [-0.3, -0.25) is 9.59 Å². The number of nitrogens with one attached hydrogen (secondary N) is 1. The second-order valence-corrected chi connectivity index (χ2v) is 3.92. The van der Waals surface area contributed by atoms with Crippen molar-refractivity contribution >= 4 is 11.6 Å². The number of hydrogen-bond donors (Lipinski definition) is 1. The van der Waals surface area contributed by atoms with Crippen molar-refractivity contribution in [2.75, 3.05) is 5.32 Å². The van der Waals surface area contributed by atoms with Gasteiger partial charge >= 0.3 is 0 Å². The van der Waals surface area contributed by atoms with E-state index in [9.17, 15) is 9.59 Å². The fourth-order valence-electron chi connectivity index (χ4n) is 1.67. The summed E-state index contributed by atoms with van der Waals surface area (Å²) in [6.45, 7) is 1.42. The lowest BCUT2D eigenvalue weighted by Gasteiger charge is -2.09. The number of carbonyl (C=O) groups is 1. The molecular formula is C13H13N3O2. The summed E-state index contributed by atoms with van der Waals surface area (Å²) in [6.07, 6.45) is 3.15. The Bertz CT molecular complexity index is 647. The molecule has 1 amide bonds. The van der Waals surface area contributed by atoms with Crippen LogP contribution in [0, 0.1) is 0 Å². The first kappa shape index (κ1) is 12.0. The van der Waals surface area contributed by atoms with Gasteiger partial charge in [0.15, 0.2) is 0 Å². The van der Waals surface area contributed by atoms with Crippen molar-refractivity contribution in [3.8, 4) is 11.3 Å². The Labute approximate surface area is 104 Å². The quantitative estimate of drug-likeness (QED) is 0.867. The number of anilines is 1. The third-order valence-electron chi connectivity index (χ3n) is 2.51. The molecular weight excluding hydrogens is 230 g/mol. The van der Waals surface area contributed by atoms with Crippen LogP contribution in [0.3, 0.4) is 0 Å². The topological polar surface area (TPSA) is 64.0 Å². The molecule has 1 heterocycles. The zero-order valence-corrected chi connectivity index (χ0v) is 10.2. The van der Waals surface area contributed by atoms with Gasteiger partial charge in [-0.05, 0) is 6.07 Å². The van der Waals surface area contributed by atoms with Gasteiger partial charge in [-0.15, -0.1) is 0 Å². The third-order valence-corrected chi connectivity index (χ3v) is 2.51. The first-order valence-corrected chi connectivity index (χ1v) is 5.48. The van der Waals surface area contributed by atoms with Crippen LogP contribution in [0.25, 0.3) is 11.3 Å². The lowest BCUT2D eigenvalue weighted by atomic mass is 10.1. The summed E-state index contributed by atoms with van der Waals surface area (Å²) in [4.78, 5) is 27.2. The standard InChI is InChI=1S/C13H13N3O2/c1-9(17)15-11-6-4-3-5-10(11)12-13(18)16(2)8-7-14-12/h3-8H,1-2H3,(H,15,17). The molecule has 92 valence electrons. The van der Waals surface area contributed by atoms with Crippen LogP contribution < -0.4 is 10.9 Å². The minimum Gasteiger partial charge on any atom is -0.326 e. The highest BCUT2D eigenvalue weighted by Crippen LogP contribution is 2.23. The Balaban J connectivity index is 2.60. The van der Waals surface area contributed by atoms with E-state index < -0.39 is 0 Å². The van der Waals surface area contributed by atoms with E-state index in [0.717, 1.165) is 0 Å². The number of aromatic nitrogens is 2. The SMILES string of the molecule is CC(=O)Nc1ccccc1-c1nccn(C)c1=O. The molecule has 1 N–H and O–H groups in total. The van der Waals surface area contributed by atoms with E-state index in [1.54, 1.807) is 43.7 Å². The van der Waals surface area contributed by atoms with Crippen molar-refractivity contribution < 1.29 is 4.79 Å². The lowest BCUT2D eigenvalue weighted by molar-refractivity contribution is -0.114. The Morgan fingerprint density at radius 1 is 1.33 bits per heavy atom. The summed E-state index contributed by atoms with van der Waals surface area (Å²) in [5, 5.41) is 2.69. The Hall–Kier alpha value is -2.43. The Kier molecular flexibility index (Phi) is 3.23.